The van der Waals surface area contributed by atoms with Crippen molar-refractivity contribution in [2.45, 2.75) is 32.5 Å². The van der Waals surface area contributed by atoms with Gasteiger partial charge in [0.2, 0.25) is 4.77 Å². The van der Waals surface area contributed by atoms with Crippen LogP contribution in [0.2, 0.25) is 5.02 Å². The Hall–Kier alpha value is -1.99. The Labute approximate surface area is 174 Å². The maximum absolute atomic E-state index is 9.77. The molecule has 7 heteroatoms. The van der Waals surface area contributed by atoms with Gasteiger partial charge in [0.05, 0.1) is 24.9 Å². The number of aryl methyl sites for hydroxylation is 1. The fourth-order valence-electron chi connectivity index (χ4n) is 3.71. The van der Waals surface area contributed by atoms with Crippen LogP contribution >= 0.6 is 23.8 Å². The summed E-state index contributed by atoms with van der Waals surface area (Å²) in [6.07, 6.45) is 1.47. The van der Waals surface area contributed by atoms with Gasteiger partial charge in [-0.15, -0.1) is 5.10 Å². The second kappa shape index (κ2) is 8.17. The zero-order chi connectivity index (χ0) is 19.7. The number of hydrogen-bond acceptors (Lipinski definition) is 3. The van der Waals surface area contributed by atoms with Crippen molar-refractivity contribution in [3.05, 3.63) is 63.9 Å². The van der Waals surface area contributed by atoms with Gasteiger partial charge in [-0.3, -0.25) is 4.57 Å². The highest BCUT2D eigenvalue weighted by Gasteiger charge is 2.23. The summed E-state index contributed by atoms with van der Waals surface area (Å²) in [6.45, 7) is 4.63. The molecule has 2 N–H and O–H groups in total. The van der Waals surface area contributed by atoms with E-state index in [4.69, 9.17) is 28.9 Å². The number of aromatic nitrogens is 3. The predicted octanol–water partition coefficient (Wildman–Crippen LogP) is 3.03. The molecule has 0 amide bonds. The van der Waals surface area contributed by atoms with Gasteiger partial charge in [0.15, 0.2) is 12.5 Å². The van der Waals surface area contributed by atoms with Crippen LogP contribution in [0.1, 0.15) is 18.4 Å². The van der Waals surface area contributed by atoms with Crippen LogP contribution in [0.3, 0.4) is 0 Å². The third-order valence-corrected chi connectivity index (χ3v) is 5.98. The van der Waals surface area contributed by atoms with Crippen molar-refractivity contribution in [1.82, 2.24) is 14.3 Å². The van der Waals surface area contributed by atoms with Gasteiger partial charge in [0.1, 0.15) is 0 Å². The first-order valence-electron chi connectivity index (χ1n) is 9.56. The van der Waals surface area contributed by atoms with Gasteiger partial charge in [-0.25, -0.2) is 0 Å². The van der Waals surface area contributed by atoms with E-state index in [0.29, 0.717) is 16.5 Å². The molecule has 1 aliphatic heterocycles. The molecule has 146 valence electrons. The second-order valence-electron chi connectivity index (χ2n) is 7.37. The summed E-state index contributed by atoms with van der Waals surface area (Å²) in [6, 6.07) is 15.9. The van der Waals surface area contributed by atoms with E-state index in [1.165, 1.54) is 4.90 Å². The van der Waals surface area contributed by atoms with Crippen LogP contribution < -0.4 is 4.90 Å². The summed E-state index contributed by atoms with van der Waals surface area (Å²) in [5.41, 5.74) is 3.15. The third kappa shape index (κ3) is 3.91. The van der Waals surface area contributed by atoms with E-state index in [1.807, 2.05) is 45.6 Å². The average Bonchev–Trinajstić information content (AvgIpc) is 3.01. The minimum absolute atomic E-state index is 0.175. The van der Waals surface area contributed by atoms with E-state index >= 15 is 0 Å². The monoisotopic (exact) mass is 415 g/mol. The normalized spacial score (nSPS) is 19.7. The van der Waals surface area contributed by atoms with Gasteiger partial charge < -0.3 is 10.0 Å². The van der Waals surface area contributed by atoms with Crippen molar-refractivity contribution < 1.29 is 10.0 Å². The van der Waals surface area contributed by atoms with Crippen molar-refractivity contribution in [2.24, 2.45) is 0 Å². The number of nitrogens with one attached hydrogen (secondary N) is 1. The van der Waals surface area contributed by atoms with Gasteiger partial charge in [-0.05, 0) is 55.0 Å². The first-order valence-corrected chi connectivity index (χ1v) is 10.3. The Morgan fingerprint density at radius 2 is 1.82 bits per heavy atom. The Morgan fingerprint density at radius 1 is 1.14 bits per heavy atom. The number of benzene rings is 2. The first kappa shape index (κ1) is 19.3. The van der Waals surface area contributed by atoms with E-state index in [2.05, 4.69) is 19.1 Å². The molecular weight excluding hydrogens is 392 g/mol. The summed E-state index contributed by atoms with van der Waals surface area (Å²) >= 11 is 11.9. The van der Waals surface area contributed by atoms with Crippen LogP contribution in [0.5, 0.6) is 0 Å². The molecule has 1 aliphatic rings. The SMILES string of the molecule is Cc1ccccc1-n1c(-c2ccc(Cl)cc2)nn(C[NH+]2CCC(O)CC2)c1=S. The lowest BCUT2D eigenvalue weighted by atomic mass is 10.1. The molecule has 4 rings (SSSR count). The summed E-state index contributed by atoms with van der Waals surface area (Å²) in [5, 5.41) is 15.4. The van der Waals surface area contributed by atoms with Crippen molar-refractivity contribution in [2.75, 3.05) is 13.1 Å². The fourth-order valence-corrected chi connectivity index (χ4v) is 4.12. The molecular formula is C21H24ClN4OS+. The lowest BCUT2D eigenvalue weighted by molar-refractivity contribution is -0.929. The molecule has 0 atom stereocenters. The predicted molar refractivity (Wildman–Crippen MR) is 114 cm³/mol. The number of hydrogen-bond donors (Lipinski definition) is 2. The van der Waals surface area contributed by atoms with E-state index in [1.54, 1.807) is 0 Å². The van der Waals surface area contributed by atoms with Crippen LogP contribution in [0.15, 0.2) is 48.5 Å². The fraction of sp³-hybridized carbons (Fsp3) is 0.333. The number of halogens is 1. The molecule has 0 bridgehead atoms. The Morgan fingerprint density at radius 3 is 2.50 bits per heavy atom. The Kier molecular flexibility index (Phi) is 5.64. The molecule has 1 fully saturated rings. The molecule has 28 heavy (non-hydrogen) atoms. The number of quaternary nitrogens is 1. The summed E-state index contributed by atoms with van der Waals surface area (Å²) < 4.78 is 4.64. The second-order valence-corrected chi connectivity index (χ2v) is 8.18. The maximum Gasteiger partial charge on any atom is 0.207 e. The van der Waals surface area contributed by atoms with Gasteiger partial charge in [-0.1, -0.05) is 29.8 Å². The third-order valence-electron chi connectivity index (χ3n) is 5.33. The number of para-hydroxylation sites is 1. The molecule has 5 nitrogen and oxygen atoms in total. The van der Waals surface area contributed by atoms with Crippen LogP contribution in [0.4, 0.5) is 0 Å². The number of rotatable bonds is 4. The highest BCUT2D eigenvalue weighted by Crippen LogP contribution is 2.25. The van der Waals surface area contributed by atoms with E-state index < -0.39 is 0 Å². The number of aliphatic hydroxyl groups is 1. The Bertz CT molecular complexity index is 1020. The maximum atomic E-state index is 9.77. The largest absolute Gasteiger partial charge is 0.393 e. The number of nitrogens with zero attached hydrogens (tertiary/aromatic N) is 3. The lowest BCUT2D eigenvalue weighted by Crippen LogP contribution is -3.12. The van der Waals surface area contributed by atoms with Crippen LogP contribution in [-0.2, 0) is 6.67 Å². The summed E-state index contributed by atoms with van der Waals surface area (Å²) in [5.74, 6) is 0.812. The van der Waals surface area contributed by atoms with Gasteiger partial charge >= 0.3 is 0 Å². The minimum Gasteiger partial charge on any atom is -0.393 e. The molecule has 0 unspecified atom stereocenters. The summed E-state index contributed by atoms with van der Waals surface area (Å²) in [7, 11) is 0. The standard InChI is InChI=1S/C21H23ClN4OS/c1-15-4-2-3-5-19(15)26-20(16-6-8-17(22)9-7-16)23-25(21(26)28)14-24-12-10-18(27)11-13-24/h2-9,18,27H,10-14H2,1H3/p+1. The van der Waals surface area contributed by atoms with Crippen molar-refractivity contribution >= 4 is 23.8 Å². The number of likely N-dealkylation sites (tertiary alicyclic amines) is 1. The van der Waals surface area contributed by atoms with Crippen LogP contribution in [0.25, 0.3) is 17.1 Å². The minimum atomic E-state index is -0.175. The van der Waals surface area contributed by atoms with E-state index in [9.17, 15) is 5.11 Å². The van der Waals surface area contributed by atoms with E-state index in [-0.39, 0.29) is 6.10 Å². The van der Waals surface area contributed by atoms with Gasteiger partial charge in [-0.2, -0.15) is 4.68 Å². The van der Waals surface area contributed by atoms with Gasteiger partial charge in [0, 0.05) is 23.4 Å². The quantitative estimate of drug-likeness (QED) is 0.644. The highest BCUT2D eigenvalue weighted by atomic mass is 35.5. The summed E-state index contributed by atoms with van der Waals surface area (Å²) in [4.78, 5) is 1.39. The zero-order valence-corrected chi connectivity index (χ0v) is 17.4. The first-order chi connectivity index (χ1) is 13.5. The van der Waals surface area contributed by atoms with Crippen molar-refractivity contribution in [3.63, 3.8) is 0 Å². The molecule has 0 aliphatic carbocycles. The van der Waals surface area contributed by atoms with Gasteiger partial charge in [0.25, 0.3) is 0 Å². The molecule has 0 spiro atoms. The molecule has 0 radical (unpaired) electrons. The molecule has 2 aromatic carbocycles. The van der Waals surface area contributed by atoms with Crippen LogP contribution in [0, 0.1) is 11.7 Å². The number of piperidine rings is 1. The van der Waals surface area contributed by atoms with Crippen molar-refractivity contribution in [3.8, 4) is 17.1 Å². The Balaban J connectivity index is 1.79. The smallest absolute Gasteiger partial charge is 0.207 e. The molecule has 3 aromatic rings. The zero-order valence-electron chi connectivity index (χ0n) is 15.8. The average molecular weight is 416 g/mol. The van der Waals surface area contributed by atoms with Crippen molar-refractivity contribution in [1.29, 1.82) is 0 Å². The highest BCUT2D eigenvalue weighted by molar-refractivity contribution is 7.71. The van der Waals surface area contributed by atoms with E-state index in [0.717, 1.165) is 48.6 Å². The molecule has 1 aromatic heterocycles. The van der Waals surface area contributed by atoms with Crippen LogP contribution in [-0.4, -0.2) is 38.6 Å². The lowest BCUT2D eigenvalue weighted by Gasteiger charge is -2.26. The topological polar surface area (TPSA) is 47.4 Å². The number of aliphatic hydroxyl groups excluding tert-OH is 1. The molecule has 0 saturated carbocycles. The molecule has 1 saturated heterocycles. The molecule has 2 heterocycles.